The van der Waals surface area contributed by atoms with E-state index in [1.54, 1.807) is 37.3 Å². The molecule has 0 atom stereocenters. The molecule has 0 amide bonds. The van der Waals surface area contributed by atoms with Crippen LogP contribution in [-0.2, 0) is 10.0 Å². The fourth-order valence-electron chi connectivity index (χ4n) is 2.56. The van der Waals surface area contributed by atoms with Crippen LogP contribution in [-0.4, -0.2) is 20.5 Å². The van der Waals surface area contributed by atoms with Gasteiger partial charge < -0.3 is 9.15 Å². The smallest absolute Gasteiger partial charge is 0.265 e. The zero-order chi connectivity index (χ0) is 18.9. The number of nitrogens with one attached hydrogen (secondary N) is 1. The SMILES string of the molecule is COc1ccc(Cl)cc1S(=O)(=O)Nc1ccc(-c2nc(C)oc2C)cc1. The number of methoxy groups -OCH3 is 1. The first kappa shape index (κ1) is 18.3. The molecule has 3 rings (SSSR count). The van der Waals surface area contributed by atoms with E-state index in [1.807, 2.05) is 6.92 Å². The van der Waals surface area contributed by atoms with Crippen molar-refractivity contribution in [3.63, 3.8) is 0 Å². The number of oxazole rings is 1. The van der Waals surface area contributed by atoms with Crippen molar-refractivity contribution in [1.29, 1.82) is 0 Å². The Bertz CT molecular complexity index is 1040. The number of aryl methyl sites for hydroxylation is 2. The molecule has 0 saturated carbocycles. The third-order valence-electron chi connectivity index (χ3n) is 3.73. The predicted octanol–water partition coefficient (Wildman–Crippen LogP) is 4.42. The molecule has 0 unspecified atom stereocenters. The van der Waals surface area contributed by atoms with Crippen LogP contribution in [0.5, 0.6) is 5.75 Å². The van der Waals surface area contributed by atoms with Gasteiger partial charge >= 0.3 is 0 Å². The lowest BCUT2D eigenvalue weighted by Gasteiger charge is -2.12. The van der Waals surface area contributed by atoms with Gasteiger partial charge in [0.15, 0.2) is 5.89 Å². The number of rotatable bonds is 5. The number of ether oxygens (including phenoxy) is 1. The number of hydrogen-bond acceptors (Lipinski definition) is 5. The summed E-state index contributed by atoms with van der Waals surface area (Å²) in [5, 5.41) is 0.304. The second-order valence-electron chi connectivity index (χ2n) is 5.62. The Labute approximate surface area is 156 Å². The topological polar surface area (TPSA) is 81.4 Å². The van der Waals surface area contributed by atoms with Crippen LogP contribution in [0.3, 0.4) is 0 Å². The number of benzene rings is 2. The van der Waals surface area contributed by atoms with E-state index in [0.29, 0.717) is 22.4 Å². The number of anilines is 1. The summed E-state index contributed by atoms with van der Waals surface area (Å²) in [4.78, 5) is 4.30. The molecule has 0 aliphatic heterocycles. The van der Waals surface area contributed by atoms with Gasteiger partial charge in [0.1, 0.15) is 22.1 Å². The highest BCUT2D eigenvalue weighted by atomic mass is 35.5. The molecule has 8 heteroatoms. The van der Waals surface area contributed by atoms with E-state index < -0.39 is 10.0 Å². The number of hydrogen-bond donors (Lipinski definition) is 1. The van der Waals surface area contributed by atoms with Crippen LogP contribution >= 0.6 is 11.6 Å². The summed E-state index contributed by atoms with van der Waals surface area (Å²) in [7, 11) is -2.45. The van der Waals surface area contributed by atoms with E-state index in [2.05, 4.69) is 9.71 Å². The predicted molar refractivity (Wildman–Crippen MR) is 100 cm³/mol. The Kier molecular flexibility index (Phi) is 4.93. The number of halogens is 1. The first-order chi connectivity index (χ1) is 12.3. The quantitative estimate of drug-likeness (QED) is 0.695. The van der Waals surface area contributed by atoms with Crippen LogP contribution in [0.2, 0.25) is 5.02 Å². The van der Waals surface area contributed by atoms with E-state index in [4.69, 9.17) is 20.8 Å². The van der Waals surface area contributed by atoms with Gasteiger partial charge in [0.25, 0.3) is 10.0 Å². The molecule has 6 nitrogen and oxygen atoms in total. The molecule has 1 aromatic heterocycles. The van der Waals surface area contributed by atoms with Crippen molar-refractivity contribution in [2.45, 2.75) is 18.7 Å². The molecule has 1 heterocycles. The molecule has 3 aromatic rings. The van der Waals surface area contributed by atoms with E-state index in [0.717, 1.165) is 11.3 Å². The van der Waals surface area contributed by atoms with Gasteiger partial charge in [0.2, 0.25) is 0 Å². The second-order valence-corrected chi connectivity index (χ2v) is 7.70. The molecule has 2 aromatic carbocycles. The van der Waals surface area contributed by atoms with Crippen molar-refractivity contribution in [3.8, 4) is 17.0 Å². The maximum atomic E-state index is 12.7. The Morgan fingerprint density at radius 3 is 2.38 bits per heavy atom. The van der Waals surface area contributed by atoms with Crippen LogP contribution < -0.4 is 9.46 Å². The molecule has 0 aliphatic rings. The van der Waals surface area contributed by atoms with Crippen LogP contribution in [0.4, 0.5) is 5.69 Å². The lowest BCUT2D eigenvalue weighted by Crippen LogP contribution is -2.14. The summed E-state index contributed by atoms with van der Waals surface area (Å²) in [5.74, 6) is 1.50. The fraction of sp³-hybridized carbons (Fsp3) is 0.167. The van der Waals surface area contributed by atoms with E-state index >= 15 is 0 Å². The zero-order valence-electron chi connectivity index (χ0n) is 14.4. The van der Waals surface area contributed by atoms with Gasteiger partial charge in [-0.25, -0.2) is 13.4 Å². The highest BCUT2D eigenvalue weighted by molar-refractivity contribution is 7.92. The van der Waals surface area contributed by atoms with Crippen LogP contribution in [0.15, 0.2) is 51.8 Å². The van der Waals surface area contributed by atoms with E-state index in [9.17, 15) is 8.42 Å². The molecule has 0 saturated heterocycles. The van der Waals surface area contributed by atoms with Crippen LogP contribution in [0.25, 0.3) is 11.3 Å². The first-order valence-corrected chi connectivity index (χ1v) is 9.57. The highest BCUT2D eigenvalue weighted by Gasteiger charge is 2.20. The van der Waals surface area contributed by atoms with E-state index in [-0.39, 0.29) is 10.6 Å². The van der Waals surface area contributed by atoms with Gasteiger partial charge in [-0.3, -0.25) is 4.72 Å². The second kappa shape index (κ2) is 7.01. The van der Waals surface area contributed by atoms with Crippen molar-refractivity contribution >= 4 is 27.3 Å². The summed E-state index contributed by atoms with van der Waals surface area (Å²) in [5.41, 5.74) is 1.98. The van der Waals surface area contributed by atoms with Crippen molar-refractivity contribution in [2.75, 3.05) is 11.8 Å². The maximum Gasteiger partial charge on any atom is 0.265 e. The molecule has 0 aliphatic carbocycles. The molecular formula is C18H17ClN2O4S. The Morgan fingerprint density at radius 2 is 1.81 bits per heavy atom. The third kappa shape index (κ3) is 3.68. The van der Waals surface area contributed by atoms with Gasteiger partial charge in [0.05, 0.1) is 7.11 Å². The maximum absolute atomic E-state index is 12.7. The summed E-state index contributed by atoms with van der Waals surface area (Å²) in [6.07, 6.45) is 0. The average molecular weight is 393 g/mol. The number of nitrogens with zero attached hydrogens (tertiary/aromatic N) is 1. The number of aromatic nitrogens is 1. The lowest BCUT2D eigenvalue weighted by atomic mass is 10.1. The molecule has 1 N–H and O–H groups in total. The number of sulfonamides is 1. The minimum atomic E-state index is -3.85. The van der Waals surface area contributed by atoms with Gasteiger partial charge in [-0.1, -0.05) is 23.7 Å². The van der Waals surface area contributed by atoms with Gasteiger partial charge in [0, 0.05) is 23.2 Å². The Balaban J connectivity index is 1.89. The Morgan fingerprint density at radius 1 is 1.12 bits per heavy atom. The lowest BCUT2D eigenvalue weighted by molar-refractivity contribution is 0.403. The van der Waals surface area contributed by atoms with Crippen molar-refractivity contribution in [3.05, 3.63) is 59.1 Å². The summed E-state index contributed by atoms with van der Waals surface area (Å²) < 4.78 is 38.4. The Hall–Kier alpha value is -2.51. The summed E-state index contributed by atoms with van der Waals surface area (Å²) in [6, 6.07) is 11.3. The highest BCUT2D eigenvalue weighted by Crippen LogP contribution is 2.30. The van der Waals surface area contributed by atoms with Crippen LogP contribution in [0.1, 0.15) is 11.7 Å². The molecule has 0 bridgehead atoms. The first-order valence-electron chi connectivity index (χ1n) is 7.71. The normalized spacial score (nSPS) is 11.4. The molecule has 0 spiro atoms. The van der Waals surface area contributed by atoms with Crippen molar-refractivity contribution in [1.82, 2.24) is 4.98 Å². The molecule has 26 heavy (non-hydrogen) atoms. The molecule has 136 valence electrons. The third-order valence-corrected chi connectivity index (χ3v) is 5.37. The summed E-state index contributed by atoms with van der Waals surface area (Å²) >= 11 is 5.92. The summed E-state index contributed by atoms with van der Waals surface area (Å²) in [6.45, 7) is 3.61. The minimum absolute atomic E-state index is 0.0282. The monoisotopic (exact) mass is 392 g/mol. The van der Waals surface area contributed by atoms with Gasteiger partial charge in [-0.15, -0.1) is 0 Å². The van der Waals surface area contributed by atoms with Crippen molar-refractivity contribution < 1.29 is 17.6 Å². The minimum Gasteiger partial charge on any atom is -0.495 e. The molecule has 0 fully saturated rings. The molecule has 0 radical (unpaired) electrons. The van der Waals surface area contributed by atoms with E-state index in [1.165, 1.54) is 19.2 Å². The average Bonchev–Trinajstić information content (AvgIpc) is 2.93. The zero-order valence-corrected chi connectivity index (χ0v) is 16.0. The van der Waals surface area contributed by atoms with Gasteiger partial charge in [-0.2, -0.15) is 0 Å². The standard InChI is InChI=1S/C18H17ClN2O4S/c1-11-18(20-12(2)25-11)13-4-7-15(8-5-13)21-26(22,23)17-10-14(19)6-9-16(17)24-3/h4-10,21H,1-3H3. The van der Waals surface area contributed by atoms with Crippen LogP contribution in [0, 0.1) is 13.8 Å². The fourth-order valence-corrected chi connectivity index (χ4v) is 4.06. The van der Waals surface area contributed by atoms with Crippen molar-refractivity contribution in [2.24, 2.45) is 0 Å². The van der Waals surface area contributed by atoms with Gasteiger partial charge in [-0.05, 0) is 37.3 Å². The molecular weight excluding hydrogens is 376 g/mol. The largest absolute Gasteiger partial charge is 0.495 e.